The number of halogens is 1. The van der Waals surface area contributed by atoms with Crippen LogP contribution in [0.25, 0.3) is 0 Å². The number of ether oxygens (including phenoxy) is 1. The molecule has 1 heterocycles. The molecular weight excluding hydrogens is 352 g/mol. The molecule has 0 fully saturated rings. The van der Waals surface area contributed by atoms with Crippen molar-refractivity contribution in [1.82, 2.24) is 10.0 Å². The number of sulfonamides is 1. The molecule has 8 heteroatoms. The fraction of sp³-hybridized carbons (Fsp3) is 0.562. The quantitative estimate of drug-likeness (QED) is 0.846. The third kappa shape index (κ3) is 4.40. The first kappa shape index (κ1) is 19.0. The van der Waals surface area contributed by atoms with Crippen LogP contribution in [0.1, 0.15) is 40.2 Å². The largest absolute Gasteiger partial charge is 0.489 e. The van der Waals surface area contributed by atoms with Gasteiger partial charge in [0.1, 0.15) is 11.9 Å². The molecule has 0 saturated carbocycles. The van der Waals surface area contributed by atoms with E-state index in [-0.39, 0.29) is 16.0 Å². The van der Waals surface area contributed by atoms with Crippen molar-refractivity contribution in [3.05, 3.63) is 22.7 Å². The van der Waals surface area contributed by atoms with Gasteiger partial charge in [-0.1, -0.05) is 11.6 Å². The third-order valence-corrected chi connectivity index (χ3v) is 5.26. The van der Waals surface area contributed by atoms with Crippen LogP contribution in [0, 0.1) is 0 Å². The minimum Gasteiger partial charge on any atom is -0.489 e. The van der Waals surface area contributed by atoms with E-state index in [0.717, 1.165) is 5.56 Å². The topological polar surface area (TPSA) is 84.5 Å². The minimum atomic E-state index is -3.87. The van der Waals surface area contributed by atoms with Crippen LogP contribution in [0.15, 0.2) is 17.0 Å². The number of hydrogen-bond donors (Lipinski definition) is 2. The van der Waals surface area contributed by atoms with Gasteiger partial charge in [-0.25, -0.2) is 8.42 Å². The molecule has 0 saturated heterocycles. The summed E-state index contributed by atoms with van der Waals surface area (Å²) in [6.45, 7) is 8.87. The number of fused-ring (bicyclic) bond motifs is 1. The smallest absolute Gasteiger partial charge is 0.241 e. The van der Waals surface area contributed by atoms with Crippen molar-refractivity contribution in [2.45, 2.75) is 63.6 Å². The fourth-order valence-electron chi connectivity index (χ4n) is 2.45. The number of nitrogens with one attached hydrogen (secondary N) is 2. The predicted molar refractivity (Wildman–Crippen MR) is 92.9 cm³/mol. The van der Waals surface area contributed by atoms with Gasteiger partial charge in [0.2, 0.25) is 15.9 Å². The molecular formula is C16H23ClN2O4S. The maximum atomic E-state index is 12.6. The average Bonchev–Trinajstić information content (AvgIpc) is 2.77. The van der Waals surface area contributed by atoms with Gasteiger partial charge in [-0.2, -0.15) is 4.72 Å². The van der Waals surface area contributed by atoms with Crippen molar-refractivity contribution in [2.24, 2.45) is 0 Å². The van der Waals surface area contributed by atoms with Crippen LogP contribution in [0.4, 0.5) is 0 Å². The van der Waals surface area contributed by atoms with Gasteiger partial charge in [-0.3, -0.25) is 4.79 Å². The van der Waals surface area contributed by atoms with Gasteiger partial charge in [-0.05, 0) is 46.8 Å². The Morgan fingerprint density at radius 3 is 2.58 bits per heavy atom. The Kier molecular flexibility index (Phi) is 5.18. The molecule has 1 aliphatic rings. The van der Waals surface area contributed by atoms with Crippen LogP contribution in [0.5, 0.6) is 5.75 Å². The van der Waals surface area contributed by atoms with Crippen LogP contribution < -0.4 is 14.8 Å². The lowest BCUT2D eigenvalue weighted by atomic mass is 10.1. The molecule has 1 amide bonds. The van der Waals surface area contributed by atoms with Crippen molar-refractivity contribution in [1.29, 1.82) is 0 Å². The van der Waals surface area contributed by atoms with Crippen LogP contribution in [-0.4, -0.2) is 32.0 Å². The van der Waals surface area contributed by atoms with Crippen LogP contribution in [0.3, 0.4) is 0 Å². The number of rotatable bonds is 4. The van der Waals surface area contributed by atoms with Gasteiger partial charge in [0, 0.05) is 17.5 Å². The fourth-order valence-corrected chi connectivity index (χ4v) is 4.07. The zero-order valence-corrected chi connectivity index (χ0v) is 16.0. The molecule has 1 aromatic rings. The van der Waals surface area contributed by atoms with Gasteiger partial charge < -0.3 is 10.1 Å². The van der Waals surface area contributed by atoms with Gasteiger partial charge in [0.15, 0.2) is 0 Å². The summed E-state index contributed by atoms with van der Waals surface area (Å²) >= 11 is 6.14. The van der Waals surface area contributed by atoms with Crippen molar-refractivity contribution in [2.75, 3.05) is 0 Å². The second-order valence-corrected chi connectivity index (χ2v) is 9.23. The van der Waals surface area contributed by atoms with E-state index in [9.17, 15) is 13.2 Å². The Hall–Kier alpha value is -1.31. The summed E-state index contributed by atoms with van der Waals surface area (Å²) in [6.07, 6.45) is 0.554. The van der Waals surface area contributed by atoms with Gasteiger partial charge in [0.05, 0.1) is 16.0 Å². The normalized spacial score (nSPS) is 18.7. The molecule has 2 atom stereocenters. The average molecular weight is 375 g/mol. The first-order valence-electron chi connectivity index (χ1n) is 7.72. The number of carbonyl (C=O) groups excluding carboxylic acids is 1. The lowest BCUT2D eigenvalue weighted by Crippen LogP contribution is -2.50. The minimum absolute atomic E-state index is 0.0272. The summed E-state index contributed by atoms with van der Waals surface area (Å²) < 4.78 is 33.1. The first-order chi connectivity index (χ1) is 10.9. The molecule has 1 aromatic carbocycles. The summed E-state index contributed by atoms with van der Waals surface area (Å²) in [7, 11) is -3.87. The first-order valence-corrected chi connectivity index (χ1v) is 9.58. The van der Waals surface area contributed by atoms with Crippen molar-refractivity contribution in [3.8, 4) is 5.75 Å². The summed E-state index contributed by atoms with van der Waals surface area (Å²) in [5.74, 6) is 0.136. The molecule has 24 heavy (non-hydrogen) atoms. The number of carbonyl (C=O) groups is 1. The van der Waals surface area contributed by atoms with E-state index in [1.54, 1.807) is 6.07 Å². The Balaban J connectivity index is 2.21. The second-order valence-electron chi connectivity index (χ2n) is 7.11. The molecule has 0 bridgehead atoms. The molecule has 0 unspecified atom stereocenters. The Bertz CT molecular complexity index is 756. The van der Waals surface area contributed by atoms with Crippen molar-refractivity contribution in [3.63, 3.8) is 0 Å². The maximum Gasteiger partial charge on any atom is 0.241 e. The lowest BCUT2D eigenvalue weighted by molar-refractivity contribution is -0.123. The molecule has 2 N–H and O–H groups in total. The molecule has 1 aliphatic heterocycles. The van der Waals surface area contributed by atoms with Gasteiger partial charge in [0.25, 0.3) is 0 Å². The van der Waals surface area contributed by atoms with Crippen molar-refractivity contribution >= 4 is 27.5 Å². The monoisotopic (exact) mass is 374 g/mol. The Morgan fingerprint density at radius 1 is 1.38 bits per heavy atom. The summed E-state index contributed by atoms with van der Waals surface area (Å²) in [6, 6.07) is 1.98. The Morgan fingerprint density at radius 2 is 2.00 bits per heavy atom. The third-order valence-electron chi connectivity index (χ3n) is 3.45. The van der Waals surface area contributed by atoms with Crippen molar-refractivity contribution < 1.29 is 17.9 Å². The molecule has 2 rings (SSSR count). The van der Waals surface area contributed by atoms with E-state index in [2.05, 4.69) is 10.0 Å². The van der Waals surface area contributed by atoms with E-state index in [1.165, 1.54) is 13.0 Å². The van der Waals surface area contributed by atoms with E-state index in [1.807, 2.05) is 27.7 Å². The van der Waals surface area contributed by atoms with E-state index in [4.69, 9.17) is 16.3 Å². The van der Waals surface area contributed by atoms with Crippen LogP contribution >= 0.6 is 11.6 Å². The highest BCUT2D eigenvalue weighted by molar-refractivity contribution is 7.89. The molecule has 6 nitrogen and oxygen atoms in total. The Labute approximate surface area is 148 Å². The van der Waals surface area contributed by atoms with Crippen LogP contribution in [-0.2, 0) is 21.2 Å². The predicted octanol–water partition coefficient (Wildman–Crippen LogP) is 2.24. The number of hydrogen-bond acceptors (Lipinski definition) is 4. The number of amides is 1. The molecule has 134 valence electrons. The number of benzene rings is 1. The van der Waals surface area contributed by atoms with E-state index in [0.29, 0.717) is 12.2 Å². The zero-order chi connectivity index (χ0) is 18.3. The lowest BCUT2D eigenvalue weighted by Gasteiger charge is -2.23. The summed E-state index contributed by atoms with van der Waals surface area (Å²) in [5.41, 5.74) is 0.309. The maximum absolute atomic E-state index is 12.6. The van der Waals surface area contributed by atoms with Crippen LogP contribution in [0.2, 0.25) is 5.02 Å². The summed E-state index contributed by atoms with van der Waals surface area (Å²) in [5, 5.41) is 2.99. The standard InChI is InChI=1S/C16H23ClN2O4S/c1-9-6-11-7-12(8-13(17)14(11)23-9)24(21,22)19-10(2)15(20)18-16(3,4)5/h7-10,19H,6H2,1-5H3,(H,18,20)/t9-,10-/m1/s1. The second kappa shape index (κ2) is 6.54. The molecule has 0 aromatic heterocycles. The molecule has 0 aliphatic carbocycles. The van der Waals surface area contributed by atoms with Gasteiger partial charge in [-0.15, -0.1) is 0 Å². The molecule has 0 spiro atoms. The highest BCUT2D eigenvalue weighted by Crippen LogP contribution is 2.37. The molecule has 0 radical (unpaired) electrons. The zero-order valence-electron chi connectivity index (χ0n) is 14.4. The van der Waals surface area contributed by atoms with E-state index < -0.39 is 27.5 Å². The van der Waals surface area contributed by atoms with E-state index >= 15 is 0 Å². The summed E-state index contributed by atoms with van der Waals surface area (Å²) in [4.78, 5) is 12.1. The van der Waals surface area contributed by atoms with Gasteiger partial charge >= 0.3 is 0 Å². The highest BCUT2D eigenvalue weighted by Gasteiger charge is 2.28. The highest BCUT2D eigenvalue weighted by atomic mass is 35.5. The SMILES string of the molecule is C[C@@H]1Cc2cc(S(=O)(=O)N[C@H](C)C(=O)NC(C)(C)C)cc(Cl)c2O1.